The van der Waals surface area contributed by atoms with Crippen molar-refractivity contribution in [3.63, 3.8) is 0 Å². The predicted molar refractivity (Wildman–Crippen MR) is 20.5 cm³/mol. The largest absolute Gasteiger partial charge is 0.628 e. The summed E-state index contributed by atoms with van der Waals surface area (Å²) in [6, 6.07) is 0. The lowest BCUT2D eigenvalue weighted by molar-refractivity contribution is -0.494. The average molecular weight is 87.1 g/mol. The SMILES string of the molecule is C=CC(=O)[NH2+][O-]. The van der Waals surface area contributed by atoms with Gasteiger partial charge >= 0.3 is 5.91 Å². The molecule has 0 unspecified atom stereocenters. The zero-order chi connectivity index (χ0) is 4.99. The highest BCUT2D eigenvalue weighted by molar-refractivity contribution is 5.77. The van der Waals surface area contributed by atoms with Crippen LogP contribution in [0.1, 0.15) is 0 Å². The molecule has 2 N–H and O–H groups in total. The molecule has 0 spiro atoms. The van der Waals surface area contributed by atoms with Crippen molar-refractivity contribution in [1.82, 2.24) is 0 Å². The number of hydrogen-bond acceptors (Lipinski definition) is 2. The molecule has 1 amide bonds. The molecule has 0 saturated heterocycles. The van der Waals surface area contributed by atoms with E-state index in [1.807, 2.05) is 0 Å². The zero-order valence-corrected chi connectivity index (χ0v) is 3.18. The smallest absolute Gasteiger partial charge is 0.334 e. The van der Waals surface area contributed by atoms with Gasteiger partial charge in [-0.05, 0) is 0 Å². The fourth-order valence-corrected chi connectivity index (χ4v) is 0.0481. The summed E-state index contributed by atoms with van der Waals surface area (Å²) in [7, 11) is 0. The van der Waals surface area contributed by atoms with E-state index in [1.54, 1.807) is 0 Å². The Morgan fingerprint density at radius 3 is 2.50 bits per heavy atom. The van der Waals surface area contributed by atoms with E-state index in [4.69, 9.17) is 0 Å². The molecule has 0 heterocycles. The van der Waals surface area contributed by atoms with Crippen LogP contribution in [0.15, 0.2) is 12.7 Å². The second kappa shape index (κ2) is 2.56. The number of carbonyl (C=O) groups is 1. The molecule has 0 fully saturated rings. The van der Waals surface area contributed by atoms with Gasteiger partial charge in [-0.25, -0.2) is 4.79 Å². The molecule has 0 aromatic carbocycles. The molecule has 0 rings (SSSR count). The summed E-state index contributed by atoms with van der Waals surface area (Å²) in [6.45, 7) is 3.05. The Hall–Kier alpha value is -0.670. The van der Waals surface area contributed by atoms with Crippen molar-refractivity contribution in [2.24, 2.45) is 0 Å². The van der Waals surface area contributed by atoms with Crippen LogP contribution in [-0.2, 0) is 4.79 Å². The maximum Gasteiger partial charge on any atom is 0.334 e. The van der Waals surface area contributed by atoms with E-state index in [0.29, 0.717) is 0 Å². The van der Waals surface area contributed by atoms with Gasteiger partial charge in [0.2, 0.25) is 0 Å². The van der Waals surface area contributed by atoms with Crippen LogP contribution in [0, 0.1) is 5.21 Å². The van der Waals surface area contributed by atoms with E-state index in [-0.39, 0.29) is 5.48 Å². The Labute approximate surface area is 35.2 Å². The molecule has 0 atom stereocenters. The van der Waals surface area contributed by atoms with Gasteiger partial charge < -0.3 is 10.7 Å². The molecule has 3 heteroatoms. The van der Waals surface area contributed by atoms with Gasteiger partial charge in [0.15, 0.2) is 0 Å². The number of nitrogens with two attached hydrogens (primary N) is 1. The van der Waals surface area contributed by atoms with Gasteiger partial charge in [-0.15, -0.1) is 0 Å². The quantitative estimate of drug-likeness (QED) is 0.321. The van der Waals surface area contributed by atoms with Crippen LogP contribution in [0.4, 0.5) is 0 Å². The van der Waals surface area contributed by atoms with Crippen LogP contribution in [0.2, 0.25) is 0 Å². The molecule has 0 aliphatic rings. The van der Waals surface area contributed by atoms with Gasteiger partial charge in [0.1, 0.15) is 0 Å². The fraction of sp³-hybridized carbons (Fsp3) is 0. The van der Waals surface area contributed by atoms with E-state index < -0.39 is 5.91 Å². The van der Waals surface area contributed by atoms with E-state index in [9.17, 15) is 10.0 Å². The Morgan fingerprint density at radius 2 is 2.50 bits per heavy atom. The minimum absolute atomic E-state index is 0.215. The fourth-order valence-electron chi connectivity index (χ4n) is 0.0481. The van der Waals surface area contributed by atoms with Gasteiger partial charge in [-0.1, -0.05) is 6.58 Å². The zero-order valence-electron chi connectivity index (χ0n) is 3.18. The van der Waals surface area contributed by atoms with Gasteiger partial charge in [-0.2, -0.15) is 0 Å². The van der Waals surface area contributed by atoms with E-state index in [0.717, 1.165) is 6.08 Å². The normalized spacial score (nSPS) is 7.50. The number of primary amides is 1. The molecule has 0 radical (unpaired) electrons. The summed E-state index contributed by atoms with van der Waals surface area (Å²) in [5.74, 6) is -0.574. The third-order valence-electron chi connectivity index (χ3n) is 0.317. The first-order valence-corrected chi connectivity index (χ1v) is 1.43. The summed E-state index contributed by atoms with van der Waals surface area (Å²) in [4.78, 5) is 9.69. The second-order valence-electron chi connectivity index (χ2n) is 0.724. The van der Waals surface area contributed by atoms with Crippen molar-refractivity contribution < 1.29 is 10.3 Å². The van der Waals surface area contributed by atoms with Gasteiger partial charge in [0.05, 0.1) is 0 Å². The molecule has 6 heavy (non-hydrogen) atoms. The second-order valence-corrected chi connectivity index (χ2v) is 0.724. The molecule has 0 aliphatic heterocycles. The van der Waals surface area contributed by atoms with Gasteiger partial charge in [0.25, 0.3) is 0 Å². The van der Waals surface area contributed by atoms with Crippen molar-refractivity contribution in [2.75, 3.05) is 0 Å². The molecule has 0 bridgehead atoms. The van der Waals surface area contributed by atoms with Crippen molar-refractivity contribution in [3.8, 4) is 0 Å². The van der Waals surface area contributed by atoms with Gasteiger partial charge in [-0.3, -0.25) is 0 Å². The minimum Gasteiger partial charge on any atom is -0.628 e. The number of carbonyl (C=O) groups excluding carboxylic acids is 1. The number of rotatable bonds is 1. The standard InChI is InChI=1S/C3H5NO2/c1-2-3(5)4-6/h2H,1,4H2. The highest BCUT2D eigenvalue weighted by Crippen LogP contribution is 1.47. The number of hydrogen-bond donors (Lipinski definition) is 1. The van der Waals surface area contributed by atoms with Crippen molar-refractivity contribution in [3.05, 3.63) is 17.9 Å². The highest BCUT2D eigenvalue weighted by Gasteiger charge is 1.82. The summed E-state index contributed by atoms with van der Waals surface area (Å²) < 4.78 is 0. The van der Waals surface area contributed by atoms with Crippen LogP contribution in [0.25, 0.3) is 0 Å². The summed E-state index contributed by atoms with van der Waals surface area (Å²) >= 11 is 0. The summed E-state index contributed by atoms with van der Waals surface area (Å²) in [5.41, 5.74) is 0.215. The van der Waals surface area contributed by atoms with Crippen LogP contribution < -0.4 is 5.48 Å². The summed E-state index contributed by atoms with van der Waals surface area (Å²) in [6.07, 6.45) is 0.965. The van der Waals surface area contributed by atoms with Crippen molar-refractivity contribution >= 4 is 5.91 Å². The third-order valence-corrected chi connectivity index (χ3v) is 0.317. The van der Waals surface area contributed by atoms with Gasteiger partial charge in [0, 0.05) is 6.08 Å². The molecule has 0 aromatic heterocycles. The molecule has 34 valence electrons. The van der Waals surface area contributed by atoms with Crippen LogP contribution in [0.3, 0.4) is 0 Å². The first kappa shape index (κ1) is 5.33. The molecular weight excluding hydrogens is 82.0 g/mol. The Bertz CT molecular complexity index is 69.2. The number of quaternary nitrogens is 1. The maximum absolute atomic E-state index is 9.69. The van der Waals surface area contributed by atoms with E-state index in [1.165, 1.54) is 0 Å². The average Bonchev–Trinajstić information content (AvgIpc) is 1.65. The van der Waals surface area contributed by atoms with Crippen LogP contribution in [0.5, 0.6) is 0 Å². The van der Waals surface area contributed by atoms with E-state index >= 15 is 0 Å². The minimum atomic E-state index is -0.574. The third kappa shape index (κ3) is 1.63. The molecule has 0 saturated carbocycles. The maximum atomic E-state index is 9.69. The molecular formula is C3H5NO2. The van der Waals surface area contributed by atoms with Crippen LogP contribution in [-0.4, -0.2) is 5.91 Å². The Balaban J connectivity index is 3.23. The number of amides is 1. The lowest BCUT2D eigenvalue weighted by Crippen LogP contribution is -2.81. The van der Waals surface area contributed by atoms with Crippen LogP contribution >= 0.6 is 0 Å². The molecule has 0 aromatic rings. The summed E-state index contributed by atoms with van der Waals surface area (Å²) in [5, 5.41) is 9.32. The topological polar surface area (TPSA) is 56.7 Å². The first-order valence-electron chi connectivity index (χ1n) is 1.43. The number of hydroxylamine groups is 1. The van der Waals surface area contributed by atoms with Crippen molar-refractivity contribution in [2.45, 2.75) is 0 Å². The van der Waals surface area contributed by atoms with Crippen molar-refractivity contribution in [1.29, 1.82) is 0 Å². The monoisotopic (exact) mass is 87.0 g/mol. The lowest BCUT2D eigenvalue weighted by atomic mass is 10.6. The Morgan fingerprint density at radius 1 is 2.00 bits per heavy atom. The molecule has 0 aliphatic carbocycles. The Kier molecular flexibility index (Phi) is 2.27. The lowest BCUT2D eigenvalue weighted by Gasteiger charge is -1.88. The molecule has 3 nitrogen and oxygen atoms in total. The first-order chi connectivity index (χ1) is 2.81. The predicted octanol–water partition coefficient (Wildman–Crippen LogP) is -1.24. The van der Waals surface area contributed by atoms with E-state index in [2.05, 4.69) is 6.58 Å². The highest BCUT2D eigenvalue weighted by atomic mass is 16.5.